The lowest BCUT2D eigenvalue weighted by Gasteiger charge is -2.16. The first-order valence-corrected chi connectivity index (χ1v) is 8.44. The maximum Gasteiger partial charge on any atom is 0.247 e. The van der Waals surface area contributed by atoms with Crippen LogP contribution in [0.25, 0.3) is 11.5 Å². The fourth-order valence-corrected chi connectivity index (χ4v) is 3.35. The van der Waals surface area contributed by atoms with E-state index in [1.807, 2.05) is 47.4 Å². The largest absolute Gasteiger partial charge is 0.421 e. The van der Waals surface area contributed by atoms with Crippen LogP contribution in [0.5, 0.6) is 0 Å². The van der Waals surface area contributed by atoms with Crippen LogP contribution in [0.2, 0.25) is 0 Å². The topological polar surface area (TPSA) is 59.2 Å². The number of aromatic nitrogens is 2. The average molecular weight is 333 g/mol. The zero-order chi connectivity index (χ0) is 17.2. The monoisotopic (exact) mass is 333 g/mol. The van der Waals surface area contributed by atoms with E-state index in [1.54, 1.807) is 6.92 Å². The highest BCUT2D eigenvalue weighted by molar-refractivity contribution is 5.95. The highest BCUT2D eigenvalue weighted by Gasteiger charge is 2.30. The molecule has 0 radical (unpaired) electrons. The summed E-state index contributed by atoms with van der Waals surface area (Å²) in [7, 11) is 0. The van der Waals surface area contributed by atoms with Crippen LogP contribution in [0.4, 0.5) is 5.69 Å². The minimum absolute atomic E-state index is 0.194. The Balaban J connectivity index is 1.49. The lowest BCUT2D eigenvalue weighted by molar-refractivity contribution is -0.117. The van der Waals surface area contributed by atoms with Crippen LogP contribution in [0, 0.1) is 12.8 Å². The van der Waals surface area contributed by atoms with Crippen LogP contribution in [-0.4, -0.2) is 22.6 Å². The molecule has 1 fully saturated rings. The lowest BCUT2D eigenvalue weighted by Crippen LogP contribution is -2.24. The van der Waals surface area contributed by atoms with Crippen molar-refractivity contribution in [3.63, 3.8) is 0 Å². The Labute approximate surface area is 146 Å². The van der Waals surface area contributed by atoms with E-state index in [4.69, 9.17) is 4.42 Å². The van der Waals surface area contributed by atoms with Gasteiger partial charge in [0.15, 0.2) is 0 Å². The van der Waals surface area contributed by atoms with Gasteiger partial charge in [-0.15, -0.1) is 10.2 Å². The van der Waals surface area contributed by atoms with Crippen molar-refractivity contribution >= 4 is 11.6 Å². The van der Waals surface area contributed by atoms with Gasteiger partial charge in [-0.1, -0.05) is 30.3 Å². The molecule has 1 aliphatic rings. The Bertz CT molecular complexity index is 889. The molecule has 1 saturated heterocycles. The van der Waals surface area contributed by atoms with Crippen molar-refractivity contribution in [3.05, 3.63) is 66.1 Å². The molecule has 2 heterocycles. The second kappa shape index (κ2) is 6.51. The summed E-state index contributed by atoms with van der Waals surface area (Å²) in [4.78, 5) is 14.2. The van der Waals surface area contributed by atoms with E-state index >= 15 is 0 Å². The van der Waals surface area contributed by atoms with Crippen molar-refractivity contribution in [2.75, 3.05) is 11.4 Å². The van der Waals surface area contributed by atoms with Gasteiger partial charge in [0, 0.05) is 31.1 Å². The normalized spacial score (nSPS) is 17.2. The molecule has 0 N–H and O–H groups in total. The van der Waals surface area contributed by atoms with Crippen LogP contribution in [0.15, 0.2) is 59.0 Å². The summed E-state index contributed by atoms with van der Waals surface area (Å²) in [6.07, 6.45) is 1.44. The number of nitrogens with zero attached hydrogens (tertiary/aromatic N) is 3. The predicted molar refractivity (Wildman–Crippen MR) is 95.1 cm³/mol. The maximum atomic E-state index is 12.4. The molecular weight excluding hydrogens is 314 g/mol. The molecule has 0 unspecified atom stereocenters. The molecular formula is C20H19N3O2. The van der Waals surface area contributed by atoms with Crippen molar-refractivity contribution < 1.29 is 9.21 Å². The highest BCUT2D eigenvalue weighted by atomic mass is 16.4. The number of rotatable bonds is 4. The molecule has 1 atom stereocenters. The lowest BCUT2D eigenvalue weighted by atomic mass is 9.97. The van der Waals surface area contributed by atoms with Gasteiger partial charge in [0.1, 0.15) is 0 Å². The smallest absolute Gasteiger partial charge is 0.247 e. The van der Waals surface area contributed by atoms with Crippen LogP contribution in [0.1, 0.15) is 17.9 Å². The van der Waals surface area contributed by atoms with Gasteiger partial charge in [-0.2, -0.15) is 0 Å². The van der Waals surface area contributed by atoms with Gasteiger partial charge < -0.3 is 9.32 Å². The van der Waals surface area contributed by atoms with Crippen LogP contribution < -0.4 is 4.90 Å². The number of benzene rings is 2. The standard InChI is InChI=1S/C20H19N3O2/c1-14-21-22-20(25-14)17-7-5-6-15(11-17)10-16-12-19(24)23(13-16)18-8-3-2-4-9-18/h2-9,11,16H,10,12-13H2,1H3/t16-/m0/s1. The number of aryl methyl sites for hydroxylation is 1. The van der Waals surface area contributed by atoms with Crippen molar-refractivity contribution in [1.82, 2.24) is 10.2 Å². The Kier molecular flexibility index (Phi) is 4.06. The minimum Gasteiger partial charge on any atom is -0.421 e. The number of carbonyl (C=O) groups excluding carboxylic acids is 1. The highest BCUT2D eigenvalue weighted by Crippen LogP contribution is 2.28. The first-order valence-electron chi connectivity index (χ1n) is 8.44. The van der Waals surface area contributed by atoms with Gasteiger partial charge >= 0.3 is 0 Å². The van der Waals surface area contributed by atoms with Crippen LogP contribution >= 0.6 is 0 Å². The number of carbonyl (C=O) groups is 1. The van der Waals surface area contributed by atoms with Crippen molar-refractivity contribution in [2.45, 2.75) is 19.8 Å². The van der Waals surface area contributed by atoms with Crippen molar-refractivity contribution in [2.24, 2.45) is 5.92 Å². The molecule has 0 saturated carbocycles. The van der Waals surface area contributed by atoms with E-state index < -0.39 is 0 Å². The molecule has 2 aromatic carbocycles. The van der Waals surface area contributed by atoms with Gasteiger partial charge in [-0.05, 0) is 42.2 Å². The predicted octanol–water partition coefficient (Wildman–Crippen LogP) is 3.64. The van der Waals surface area contributed by atoms with E-state index in [1.165, 1.54) is 5.56 Å². The molecule has 3 aromatic rings. The first-order chi connectivity index (χ1) is 12.2. The second-order valence-corrected chi connectivity index (χ2v) is 6.44. The number of hydrogen-bond donors (Lipinski definition) is 0. The third kappa shape index (κ3) is 3.31. The van der Waals surface area contributed by atoms with Crippen LogP contribution in [-0.2, 0) is 11.2 Å². The molecule has 5 heteroatoms. The third-order valence-electron chi connectivity index (χ3n) is 4.50. The summed E-state index contributed by atoms with van der Waals surface area (Å²) in [6.45, 7) is 2.54. The zero-order valence-corrected chi connectivity index (χ0v) is 14.1. The molecule has 126 valence electrons. The van der Waals surface area contributed by atoms with E-state index in [0.29, 0.717) is 24.1 Å². The van der Waals surface area contributed by atoms with E-state index in [9.17, 15) is 4.79 Å². The summed E-state index contributed by atoms with van der Waals surface area (Å²) in [5, 5.41) is 7.96. The molecule has 5 nitrogen and oxygen atoms in total. The minimum atomic E-state index is 0.194. The molecule has 25 heavy (non-hydrogen) atoms. The average Bonchev–Trinajstić information content (AvgIpc) is 3.22. The van der Waals surface area contributed by atoms with Gasteiger partial charge in [0.05, 0.1) is 0 Å². The fraction of sp³-hybridized carbons (Fsp3) is 0.250. The Hall–Kier alpha value is -2.95. The number of amides is 1. The van der Waals surface area contributed by atoms with Gasteiger partial charge in [0.25, 0.3) is 0 Å². The molecule has 1 amide bonds. The summed E-state index contributed by atoms with van der Waals surface area (Å²) >= 11 is 0. The molecule has 0 spiro atoms. The van der Waals surface area contributed by atoms with Gasteiger partial charge in [0.2, 0.25) is 17.7 Å². The van der Waals surface area contributed by atoms with E-state index in [0.717, 1.165) is 24.2 Å². The Morgan fingerprint density at radius 2 is 1.96 bits per heavy atom. The Morgan fingerprint density at radius 1 is 1.12 bits per heavy atom. The zero-order valence-electron chi connectivity index (χ0n) is 14.1. The van der Waals surface area contributed by atoms with Crippen molar-refractivity contribution in [3.8, 4) is 11.5 Å². The molecule has 4 rings (SSSR count). The summed E-state index contributed by atoms with van der Waals surface area (Å²) in [5.74, 6) is 1.60. The number of anilines is 1. The number of para-hydroxylation sites is 1. The van der Waals surface area contributed by atoms with E-state index in [-0.39, 0.29) is 5.91 Å². The van der Waals surface area contributed by atoms with Gasteiger partial charge in [-0.25, -0.2) is 0 Å². The summed E-state index contributed by atoms with van der Waals surface area (Å²) in [5.41, 5.74) is 3.08. The first kappa shape index (κ1) is 15.6. The molecule has 0 aliphatic carbocycles. The molecule has 1 aromatic heterocycles. The van der Waals surface area contributed by atoms with E-state index in [2.05, 4.69) is 22.3 Å². The quantitative estimate of drug-likeness (QED) is 0.731. The summed E-state index contributed by atoms with van der Waals surface area (Å²) in [6, 6.07) is 18.0. The third-order valence-corrected chi connectivity index (χ3v) is 4.50. The fourth-order valence-electron chi connectivity index (χ4n) is 3.35. The summed E-state index contributed by atoms with van der Waals surface area (Å²) < 4.78 is 5.50. The maximum absolute atomic E-state index is 12.4. The molecule has 0 bridgehead atoms. The second-order valence-electron chi connectivity index (χ2n) is 6.44. The van der Waals surface area contributed by atoms with Crippen LogP contribution in [0.3, 0.4) is 0 Å². The Morgan fingerprint density at radius 3 is 2.72 bits per heavy atom. The van der Waals surface area contributed by atoms with Crippen molar-refractivity contribution in [1.29, 1.82) is 0 Å². The number of hydrogen-bond acceptors (Lipinski definition) is 4. The SMILES string of the molecule is Cc1nnc(-c2cccc(C[C@H]3CC(=O)N(c4ccccc4)C3)c2)o1. The van der Waals surface area contributed by atoms with Gasteiger partial charge in [-0.3, -0.25) is 4.79 Å². The molecule has 1 aliphatic heterocycles.